The van der Waals surface area contributed by atoms with Crippen molar-refractivity contribution in [2.24, 2.45) is 0 Å². The normalized spacial score (nSPS) is 11.1. The zero-order valence-corrected chi connectivity index (χ0v) is 17.1. The number of rotatable bonds is 7. The maximum Gasteiger partial charge on any atom is 0.344 e. The highest BCUT2D eigenvalue weighted by Gasteiger charge is 2.26. The average molecular weight is 404 g/mol. The predicted molar refractivity (Wildman–Crippen MR) is 117 cm³/mol. The van der Waals surface area contributed by atoms with E-state index in [1.54, 1.807) is 11.7 Å². The van der Waals surface area contributed by atoms with Gasteiger partial charge < -0.3 is 15.2 Å². The number of anilines is 1. The molecule has 0 aliphatic carbocycles. The van der Waals surface area contributed by atoms with E-state index < -0.39 is 5.97 Å². The highest BCUT2D eigenvalue weighted by Crippen LogP contribution is 2.34. The van der Waals surface area contributed by atoms with E-state index in [2.05, 4.69) is 6.92 Å². The van der Waals surface area contributed by atoms with Crippen LogP contribution in [0.1, 0.15) is 36.5 Å². The first kappa shape index (κ1) is 19.7. The summed E-state index contributed by atoms with van der Waals surface area (Å²) >= 11 is 0. The number of hydrogen-bond acceptors (Lipinski definition) is 6. The monoisotopic (exact) mass is 404 g/mol. The molecule has 7 heteroatoms. The highest BCUT2D eigenvalue weighted by molar-refractivity contribution is 6.09. The number of unbranched alkanes of at least 4 members (excludes halogenated alkanes) is 2. The van der Waals surface area contributed by atoms with Gasteiger partial charge >= 0.3 is 5.97 Å². The standard InChI is InChI=1S/C23H24N4O3/c1-3-4-9-14-30-23(28)19-20-22(26-16-11-6-5-10-15(16)25-20)27(21(19)24)17-12-7-8-13-18(17)29-2/h5-8,10-13H,3-4,9,14,24H2,1-2H3. The summed E-state index contributed by atoms with van der Waals surface area (Å²) in [4.78, 5) is 22.4. The first-order valence-corrected chi connectivity index (χ1v) is 10.0. The number of nitrogens with two attached hydrogens (primary N) is 1. The summed E-state index contributed by atoms with van der Waals surface area (Å²) in [7, 11) is 1.59. The van der Waals surface area contributed by atoms with E-state index in [9.17, 15) is 4.79 Å². The van der Waals surface area contributed by atoms with Gasteiger partial charge in [-0.2, -0.15) is 0 Å². The molecule has 0 saturated carbocycles. The van der Waals surface area contributed by atoms with Crippen molar-refractivity contribution in [2.75, 3.05) is 19.5 Å². The fraction of sp³-hybridized carbons (Fsp3) is 0.261. The number of carbonyl (C=O) groups excluding carboxylic acids is 1. The predicted octanol–water partition coefficient (Wildman–Crippen LogP) is 4.51. The average Bonchev–Trinajstić information content (AvgIpc) is 3.05. The third-order valence-electron chi connectivity index (χ3n) is 5.01. The Kier molecular flexibility index (Phi) is 5.52. The molecule has 4 rings (SSSR count). The quantitative estimate of drug-likeness (QED) is 0.360. The summed E-state index contributed by atoms with van der Waals surface area (Å²) in [5, 5.41) is 0. The summed E-state index contributed by atoms with van der Waals surface area (Å²) in [6, 6.07) is 14.9. The van der Waals surface area contributed by atoms with Crippen molar-refractivity contribution in [3.05, 3.63) is 54.1 Å². The second-order valence-electron chi connectivity index (χ2n) is 7.00. The molecular formula is C23H24N4O3. The van der Waals surface area contributed by atoms with E-state index in [1.165, 1.54) is 0 Å². The molecule has 7 nitrogen and oxygen atoms in total. The maximum atomic E-state index is 13.0. The lowest BCUT2D eigenvalue weighted by atomic mass is 10.2. The fourth-order valence-corrected chi connectivity index (χ4v) is 3.51. The Balaban J connectivity index is 1.94. The lowest BCUT2D eigenvalue weighted by Crippen LogP contribution is -2.10. The maximum absolute atomic E-state index is 13.0. The zero-order chi connectivity index (χ0) is 21.1. The molecule has 0 amide bonds. The van der Waals surface area contributed by atoms with Gasteiger partial charge in [-0.25, -0.2) is 14.8 Å². The summed E-state index contributed by atoms with van der Waals surface area (Å²) in [5.74, 6) is 0.344. The van der Waals surface area contributed by atoms with Crippen LogP contribution in [0.15, 0.2) is 48.5 Å². The topological polar surface area (TPSA) is 92.3 Å². The van der Waals surface area contributed by atoms with E-state index in [0.29, 0.717) is 40.2 Å². The molecule has 0 aliphatic rings. The number of benzene rings is 2. The molecule has 0 radical (unpaired) electrons. The van der Waals surface area contributed by atoms with E-state index in [-0.39, 0.29) is 11.4 Å². The molecular weight excluding hydrogens is 380 g/mol. The van der Waals surface area contributed by atoms with Crippen molar-refractivity contribution in [1.29, 1.82) is 0 Å². The summed E-state index contributed by atoms with van der Waals surface area (Å²) in [5.41, 5.74) is 9.69. The number of hydrogen-bond donors (Lipinski definition) is 1. The molecule has 4 aromatic rings. The highest BCUT2D eigenvalue weighted by atomic mass is 16.5. The van der Waals surface area contributed by atoms with Crippen LogP contribution in [0.4, 0.5) is 5.82 Å². The molecule has 2 N–H and O–H groups in total. The second kappa shape index (κ2) is 8.41. The first-order valence-electron chi connectivity index (χ1n) is 10.0. The number of nitrogens with zero attached hydrogens (tertiary/aromatic N) is 3. The molecule has 30 heavy (non-hydrogen) atoms. The smallest absolute Gasteiger partial charge is 0.344 e. The number of carbonyl (C=O) groups is 1. The van der Waals surface area contributed by atoms with E-state index >= 15 is 0 Å². The Bertz CT molecular complexity index is 1220. The molecule has 0 fully saturated rings. The van der Waals surface area contributed by atoms with Crippen molar-refractivity contribution in [2.45, 2.75) is 26.2 Å². The Morgan fingerprint density at radius 3 is 2.47 bits per heavy atom. The van der Waals surface area contributed by atoms with Gasteiger partial charge in [-0.05, 0) is 30.7 Å². The third-order valence-corrected chi connectivity index (χ3v) is 5.01. The number of nitrogen functional groups attached to an aromatic ring is 1. The van der Waals surface area contributed by atoms with Gasteiger partial charge in [0.1, 0.15) is 22.6 Å². The Labute approximate surface area is 174 Å². The van der Waals surface area contributed by atoms with Crippen molar-refractivity contribution in [1.82, 2.24) is 14.5 Å². The summed E-state index contributed by atoms with van der Waals surface area (Å²) < 4.78 is 12.7. The Morgan fingerprint density at radius 1 is 1.03 bits per heavy atom. The number of ether oxygens (including phenoxy) is 2. The molecule has 0 saturated heterocycles. The molecule has 2 aromatic carbocycles. The Hall–Kier alpha value is -3.61. The van der Waals surface area contributed by atoms with Crippen molar-refractivity contribution >= 4 is 34.0 Å². The van der Waals surface area contributed by atoms with Crippen LogP contribution in [0.3, 0.4) is 0 Å². The van der Waals surface area contributed by atoms with Gasteiger partial charge in [-0.15, -0.1) is 0 Å². The Morgan fingerprint density at radius 2 is 1.73 bits per heavy atom. The first-order chi connectivity index (χ1) is 14.7. The summed E-state index contributed by atoms with van der Waals surface area (Å²) in [6.45, 7) is 2.44. The number of esters is 1. The van der Waals surface area contributed by atoms with Crippen molar-refractivity contribution < 1.29 is 14.3 Å². The van der Waals surface area contributed by atoms with Gasteiger partial charge in [-0.1, -0.05) is 44.0 Å². The SMILES string of the molecule is CCCCCOC(=O)c1c(N)n(-c2ccccc2OC)c2nc3ccccc3nc12. The third kappa shape index (κ3) is 3.43. The van der Waals surface area contributed by atoms with Crippen LogP contribution in [0, 0.1) is 0 Å². The van der Waals surface area contributed by atoms with Crippen LogP contribution in [-0.2, 0) is 4.74 Å². The van der Waals surface area contributed by atoms with Crippen LogP contribution in [0.2, 0.25) is 0 Å². The molecule has 0 bridgehead atoms. The lowest BCUT2D eigenvalue weighted by Gasteiger charge is -2.12. The molecule has 2 aromatic heterocycles. The van der Waals surface area contributed by atoms with Crippen LogP contribution >= 0.6 is 0 Å². The molecule has 2 heterocycles. The molecule has 0 unspecified atom stereocenters. The van der Waals surface area contributed by atoms with Gasteiger partial charge in [0.05, 0.1) is 30.4 Å². The van der Waals surface area contributed by atoms with Crippen LogP contribution < -0.4 is 10.5 Å². The fourth-order valence-electron chi connectivity index (χ4n) is 3.51. The van der Waals surface area contributed by atoms with Crippen LogP contribution in [0.5, 0.6) is 5.75 Å². The van der Waals surface area contributed by atoms with Crippen LogP contribution in [-0.4, -0.2) is 34.2 Å². The van der Waals surface area contributed by atoms with Gasteiger partial charge in [0, 0.05) is 0 Å². The van der Waals surface area contributed by atoms with Gasteiger partial charge in [0.25, 0.3) is 0 Å². The minimum absolute atomic E-state index is 0.227. The van der Waals surface area contributed by atoms with Crippen molar-refractivity contribution in [3.8, 4) is 11.4 Å². The molecule has 0 spiro atoms. The van der Waals surface area contributed by atoms with E-state index in [1.807, 2.05) is 48.5 Å². The number of aromatic nitrogens is 3. The molecule has 0 atom stereocenters. The van der Waals surface area contributed by atoms with Gasteiger partial charge in [0.2, 0.25) is 0 Å². The van der Waals surface area contributed by atoms with Crippen LogP contribution in [0.25, 0.3) is 27.9 Å². The summed E-state index contributed by atoms with van der Waals surface area (Å²) in [6.07, 6.45) is 2.85. The molecule has 154 valence electrons. The van der Waals surface area contributed by atoms with E-state index in [4.69, 9.17) is 25.2 Å². The number of methoxy groups -OCH3 is 1. The largest absolute Gasteiger partial charge is 0.495 e. The number of fused-ring (bicyclic) bond motifs is 2. The van der Waals surface area contributed by atoms with Crippen molar-refractivity contribution in [3.63, 3.8) is 0 Å². The number of para-hydroxylation sites is 4. The van der Waals surface area contributed by atoms with E-state index in [0.717, 1.165) is 19.3 Å². The second-order valence-corrected chi connectivity index (χ2v) is 7.00. The minimum atomic E-state index is -0.494. The minimum Gasteiger partial charge on any atom is -0.495 e. The lowest BCUT2D eigenvalue weighted by molar-refractivity contribution is 0.0501. The van der Waals surface area contributed by atoms with Gasteiger partial charge in [0.15, 0.2) is 5.65 Å². The zero-order valence-electron chi connectivity index (χ0n) is 17.1. The molecule has 0 aliphatic heterocycles. The van der Waals surface area contributed by atoms with Gasteiger partial charge in [-0.3, -0.25) is 4.57 Å².